The minimum absolute atomic E-state index is 0. The van der Waals surface area contributed by atoms with Crippen molar-refractivity contribution in [2.45, 2.75) is 0 Å². The second kappa shape index (κ2) is 13100. The Morgan fingerprint density at radius 2 is 0.600 bits per heavy atom. The summed E-state index contributed by atoms with van der Waals surface area (Å²) in [5, 5.41) is 0. The average Bonchev–Trinajstić information content (AvgIpc) is 0. The molecule has 0 aromatic heterocycles. The Balaban J connectivity index is 0. The summed E-state index contributed by atoms with van der Waals surface area (Å²) in [6.07, 6.45) is 0. The SMILES string of the molecule is O.O.[Be+2].[F-].[F-]. The summed E-state index contributed by atoms with van der Waals surface area (Å²) in [4.78, 5) is 0. The quantitative estimate of drug-likeness (QED) is 0.261. The molecule has 0 heterocycles. The van der Waals surface area contributed by atoms with E-state index in [2.05, 4.69) is 0 Å². The Morgan fingerprint density at radius 3 is 0.600 bits per heavy atom. The molecule has 4 N–H and O–H groups in total. The van der Waals surface area contributed by atoms with Crippen LogP contribution in [0.15, 0.2) is 0 Å². The van der Waals surface area contributed by atoms with Gasteiger partial charge >= 0.3 is 10.1 Å². The van der Waals surface area contributed by atoms with Crippen LogP contribution in [0.3, 0.4) is 0 Å². The molecule has 0 amide bonds. The van der Waals surface area contributed by atoms with Gasteiger partial charge in [-0.1, -0.05) is 0 Å². The molecule has 0 spiro atoms. The first-order valence-corrected chi connectivity index (χ1v) is 0. The smallest absolute Gasteiger partial charge is 1.00 e. The van der Waals surface area contributed by atoms with Crippen molar-refractivity contribution in [3.05, 3.63) is 0 Å². The molecule has 5 heavy (non-hydrogen) atoms. The molecule has 0 saturated carbocycles. The molecule has 0 aromatic rings. The van der Waals surface area contributed by atoms with Crippen LogP contribution in [0.4, 0.5) is 0 Å². The first kappa shape index (κ1) is 29500. The standard InChI is InChI=1S/Be.2FH.2H2O/h;2*1H;2*1H2/q+2;;;;/p-2. The zero-order chi connectivity index (χ0) is 0. The normalized spacial score (nSPS) is 0. The van der Waals surface area contributed by atoms with Crippen molar-refractivity contribution in [3.63, 3.8) is 0 Å². The van der Waals surface area contributed by atoms with Crippen LogP contribution in [0.1, 0.15) is 0 Å². The summed E-state index contributed by atoms with van der Waals surface area (Å²) in [6.45, 7) is 0. The Kier molecular flexibility index (Phi) is 77300000. The van der Waals surface area contributed by atoms with Crippen molar-refractivity contribution in [3.8, 4) is 0 Å². The van der Waals surface area contributed by atoms with Crippen LogP contribution in [-0.2, 0) is 0 Å². The van der Waals surface area contributed by atoms with Crippen LogP contribution in [0.25, 0.3) is 0 Å². The zero-order valence-electron chi connectivity index (χ0n) is 2.46. The summed E-state index contributed by atoms with van der Waals surface area (Å²) in [5.74, 6) is 0. The van der Waals surface area contributed by atoms with E-state index in [-0.39, 0.29) is 30.5 Å². The minimum atomic E-state index is 0. The van der Waals surface area contributed by atoms with Gasteiger partial charge < -0.3 is 20.4 Å². The molecule has 2 nitrogen and oxygen atoms in total. The first-order chi connectivity index (χ1) is 0. The van der Waals surface area contributed by atoms with Crippen LogP contribution in [0.5, 0.6) is 0 Å². The Labute approximate surface area is 31.8 Å². The topological polar surface area (TPSA) is 63.0 Å². The maximum absolute atomic E-state index is 0. The molecule has 0 radical (unpaired) electrons. The van der Waals surface area contributed by atoms with E-state index in [1.165, 1.54) is 0 Å². The van der Waals surface area contributed by atoms with Crippen molar-refractivity contribution in [1.82, 2.24) is 0 Å². The molecule has 0 fully saturated rings. The fraction of sp³-hybridized carbons (Fsp3) is 0. The summed E-state index contributed by atoms with van der Waals surface area (Å²) >= 11 is 0. The van der Waals surface area contributed by atoms with E-state index in [0.717, 1.165) is 0 Å². The maximum atomic E-state index is 0. The molecule has 0 aliphatic carbocycles. The largest absolute Gasteiger partial charge is 2.00 e. The first-order valence-electron chi connectivity index (χ1n) is 0. The van der Waals surface area contributed by atoms with Gasteiger partial charge in [0, 0.05) is 0 Å². The molecule has 0 bridgehead atoms. The van der Waals surface area contributed by atoms with E-state index in [1.807, 2.05) is 0 Å². The van der Waals surface area contributed by atoms with Gasteiger partial charge in [0.2, 0.25) is 0 Å². The van der Waals surface area contributed by atoms with Crippen molar-refractivity contribution in [2.24, 2.45) is 0 Å². The number of halogens is 2. The number of hydrogen-bond acceptors (Lipinski definition) is 0. The van der Waals surface area contributed by atoms with E-state index in [0.29, 0.717) is 0 Å². The Hall–Kier alpha value is -0.0512. The van der Waals surface area contributed by atoms with Crippen LogP contribution in [0, 0.1) is 0 Å². The summed E-state index contributed by atoms with van der Waals surface area (Å²) < 4.78 is 0. The third-order valence-corrected chi connectivity index (χ3v) is 0. The fourth-order valence-corrected chi connectivity index (χ4v) is 0. The van der Waals surface area contributed by atoms with Crippen LogP contribution >= 0.6 is 0 Å². The van der Waals surface area contributed by atoms with Gasteiger partial charge in [-0.2, -0.15) is 0 Å². The number of rotatable bonds is 0. The maximum Gasteiger partial charge on any atom is 2.00 e. The molecule has 0 atom stereocenters. The third-order valence-electron chi connectivity index (χ3n) is 0. The summed E-state index contributed by atoms with van der Waals surface area (Å²) in [7, 11) is 0. The van der Waals surface area contributed by atoms with Gasteiger partial charge in [-0.25, -0.2) is 0 Å². The van der Waals surface area contributed by atoms with Crippen LogP contribution < -0.4 is 9.41 Å². The Morgan fingerprint density at radius 1 is 0.600 bits per heavy atom. The second-order valence-electron chi connectivity index (χ2n) is 0. The van der Waals surface area contributed by atoms with Crippen molar-refractivity contribution >= 4 is 10.1 Å². The van der Waals surface area contributed by atoms with Crippen molar-refractivity contribution < 1.29 is 20.4 Å². The fourth-order valence-electron chi connectivity index (χ4n) is 0. The molecule has 5 heteroatoms. The van der Waals surface area contributed by atoms with E-state index in [4.69, 9.17) is 0 Å². The van der Waals surface area contributed by atoms with E-state index in [1.54, 1.807) is 0 Å². The second-order valence-corrected chi connectivity index (χ2v) is 0. The van der Waals surface area contributed by atoms with Gasteiger partial charge in [0.1, 0.15) is 0 Å². The molecule has 0 aliphatic rings. The van der Waals surface area contributed by atoms with E-state index >= 15 is 0 Å². The van der Waals surface area contributed by atoms with Gasteiger partial charge in [-0.3, -0.25) is 0 Å². The third kappa shape index (κ3) is 5730. The monoisotopic (exact) mass is 83.0 g/mol. The van der Waals surface area contributed by atoms with Crippen molar-refractivity contribution in [1.29, 1.82) is 0 Å². The summed E-state index contributed by atoms with van der Waals surface area (Å²) in [5.41, 5.74) is 0. The molecular formula is H4BeF2O2. The molecule has 0 saturated heterocycles. The van der Waals surface area contributed by atoms with Gasteiger partial charge in [0.15, 0.2) is 0 Å². The van der Waals surface area contributed by atoms with Crippen molar-refractivity contribution in [2.75, 3.05) is 0 Å². The van der Waals surface area contributed by atoms with Gasteiger partial charge in [-0.15, -0.1) is 0 Å². The Bertz CT molecular complexity index is 7.61. The van der Waals surface area contributed by atoms with Crippen LogP contribution in [0.2, 0.25) is 0 Å². The summed E-state index contributed by atoms with van der Waals surface area (Å²) in [6, 6.07) is 0. The predicted molar refractivity (Wildman–Crippen MR) is 13.0 cm³/mol. The van der Waals surface area contributed by atoms with E-state index < -0.39 is 0 Å². The van der Waals surface area contributed by atoms with Gasteiger partial charge in [0.05, 0.1) is 0 Å². The minimum Gasteiger partial charge on any atom is -1.00 e. The number of hydrogen-bond donors (Lipinski definition) is 0. The predicted octanol–water partition coefficient (Wildman–Crippen LogP) is -8.02. The molecule has 0 rings (SSSR count). The van der Waals surface area contributed by atoms with Gasteiger partial charge in [-0.05, 0) is 0 Å². The molecular weight excluding hydrogens is 79.0 g/mol. The molecule has 0 aliphatic heterocycles. The zero-order valence-corrected chi connectivity index (χ0v) is 2.46. The molecule has 0 aromatic carbocycles. The van der Waals surface area contributed by atoms with Crippen LogP contribution in [-0.4, -0.2) is 21.1 Å². The molecule has 32 valence electrons. The average molecular weight is 83.0 g/mol. The van der Waals surface area contributed by atoms with E-state index in [9.17, 15) is 0 Å². The van der Waals surface area contributed by atoms with Gasteiger partial charge in [0.25, 0.3) is 0 Å². The molecule has 0 unspecified atom stereocenters.